The molecule has 2 aromatic heterocycles. The number of carbonyl (C=O) groups is 1. The van der Waals surface area contributed by atoms with Gasteiger partial charge in [-0.25, -0.2) is 9.36 Å². The van der Waals surface area contributed by atoms with Crippen LogP contribution in [0.1, 0.15) is 12.6 Å². The third-order valence-electron chi connectivity index (χ3n) is 5.97. The molecule has 1 aromatic carbocycles. The summed E-state index contributed by atoms with van der Waals surface area (Å²) >= 11 is 0. The first-order valence-electron chi connectivity index (χ1n) is 9.03. The number of carbonyl (C=O) groups excluding carboxylic acids is 1. The van der Waals surface area contributed by atoms with Gasteiger partial charge in [-0.1, -0.05) is 18.2 Å². The Bertz CT molecular complexity index is 1070. The number of hydrogen-bond acceptors (Lipinski definition) is 3. The second-order valence-corrected chi connectivity index (χ2v) is 7.25. The van der Waals surface area contributed by atoms with Crippen LogP contribution in [0, 0.1) is 11.8 Å². The highest BCUT2D eigenvalue weighted by Crippen LogP contribution is 2.38. The monoisotopic (exact) mass is 349 g/mol. The third-order valence-corrected chi connectivity index (χ3v) is 5.97. The van der Waals surface area contributed by atoms with Gasteiger partial charge in [0, 0.05) is 34.7 Å². The molecule has 0 saturated carbocycles. The Kier molecular flexibility index (Phi) is 3.32. The summed E-state index contributed by atoms with van der Waals surface area (Å²) < 4.78 is 13.0. The summed E-state index contributed by atoms with van der Waals surface area (Å²) in [4.78, 5) is 15.8. The van der Waals surface area contributed by atoms with Crippen molar-refractivity contribution < 1.29 is 18.8 Å². The Labute approximate surface area is 151 Å². The zero-order valence-corrected chi connectivity index (χ0v) is 14.9. The average Bonchev–Trinajstić information content (AvgIpc) is 3.06. The number of benzene rings is 1. The van der Waals surface area contributed by atoms with Crippen molar-refractivity contribution in [3.05, 3.63) is 54.1 Å². The van der Waals surface area contributed by atoms with Crippen molar-refractivity contribution in [2.75, 3.05) is 7.11 Å². The number of H-pyrrole nitrogens is 1. The van der Waals surface area contributed by atoms with Crippen molar-refractivity contribution in [1.82, 2.24) is 4.98 Å². The number of methoxy groups -OCH3 is 1. The Morgan fingerprint density at radius 1 is 1.27 bits per heavy atom. The van der Waals surface area contributed by atoms with Crippen molar-refractivity contribution in [3.8, 4) is 0 Å². The van der Waals surface area contributed by atoms with Crippen LogP contribution in [0.15, 0.2) is 48.4 Å². The van der Waals surface area contributed by atoms with Gasteiger partial charge in [-0.05, 0) is 13.0 Å². The van der Waals surface area contributed by atoms with E-state index in [0.717, 1.165) is 24.0 Å². The molecule has 0 amide bonds. The van der Waals surface area contributed by atoms with Crippen LogP contribution in [0.4, 0.5) is 0 Å². The van der Waals surface area contributed by atoms with Crippen LogP contribution in [0.3, 0.4) is 0 Å². The van der Waals surface area contributed by atoms with Gasteiger partial charge in [0.2, 0.25) is 5.69 Å². The van der Waals surface area contributed by atoms with E-state index in [-0.39, 0.29) is 23.9 Å². The van der Waals surface area contributed by atoms with Crippen LogP contribution in [0.2, 0.25) is 0 Å². The lowest BCUT2D eigenvalue weighted by molar-refractivity contribution is -0.717. The van der Waals surface area contributed by atoms with E-state index in [2.05, 4.69) is 46.9 Å². The van der Waals surface area contributed by atoms with Gasteiger partial charge >= 0.3 is 5.97 Å². The number of ether oxygens (including phenoxy) is 2. The summed E-state index contributed by atoms with van der Waals surface area (Å²) in [5.74, 6) is 0.0841. The molecule has 3 atom stereocenters. The van der Waals surface area contributed by atoms with Crippen LogP contribution < -0.4 is 4.57 Å². The minimum atomic E-state index is -0.288. The molecule has 5 heteroatoms. The first-order valence-corrected chi connectivity index (χ1v) is 9.03. The summed E-state index contributed by atoms with van der Waals surface area (Å²) in [5, 5.41) is 2.46. The summed E-state index contributed by atoms with van der Waals surface area (Å²) in [6.45, 7) is 2.91. The molecule has 4 heterocycles. The summed E-state index contributed by atoms with van der Waals surface area (Å²) in [6, 6.07) is 10.5. The molecule has 0 spiro atoms. The van der Waals surface area contributed by atoms with Crippen LogP contribution in [-0.2, 0) is 27.2 Å². The van der Waals surface area contributed by atoms with E-state index in [9.17, 15) is 4.79 Å². The van der Waals surface area contributed by atoms with Gasteiger partial charge in [0.25, 0.3) is 0 Å². The van der Waals surface area contributed by atoms with Crippen LogP contribution >= 0.6 is 0 Å². The molecule has 5 rings (SSSR count). The van der Waals surface area contributed by atoms with E-state index in [0.29, 0.717) is 5.57 Å². The minimum absolute atomic E-state index is 0.0764. The fourth-order valence-electron chi connectivity index (χ4n) is 4.57. The van der Waals surface area contributed by atoms with Crippen LogP contribution in [-0.4, -0.2) is 24.2 Å². The number of esters is 1. The Balaban J connectivity index is 1.68. The fraction of sp³-hybridized carbons (Fsp3) is 0.333. The SMILES string of the molecule is COC(=O)C1=CO[C@@H](C)[C@H]2C[n+]3ccc4c([nH]c5ccccc54)c3C[C@H]12. The maximum Gasteiger partial charge on any atom is 0.337 e. The number of aromatic amines is 1. The molecule has 2 aliphatic rings. The van der Waals surface area contributed by atoms with Gasteiger partial charge in [0.1, 0.15) is 11.6 Å². The lowest BCUT2D eigenvalue weighted by atomic mass is 9.76. The molecule has 26 heavy (non-hydrogen) atoms. The Morgan fingerprint density at radius 2 is 2.12 bits per heavy atom. The maximum atomic E-state index is 12.3. The van der Waals surface area contributed by atoms with Crippen LogP contribution in [0.5, 0.6) is 0 Å². The van der Waals surface area contributed by atoms with Crippen LogP contribution in [0.25, 0.3) is 21.8 Å². The second-order valence-electron chi connectivity index (χ2n) is 7.25. The van der Waals surface area contributed by atoms with Gasteiger partial charge in [0.05, 0.1) is 24.9 Å². The van der Waals surface area contributed by atoms with E-state index in [1.165, 1.54) is 23.6 Å². The highest BCUT2D eigenvalue weighted by atomic mass is 16.5. The van der Waals surface area contributed by atoms with Crippen molar-refractivity contribution in [2.45, 2.75) is 26.0 Å². The van der Waals surface area contributed by atoms with Gasteiger partial charge < -0.3 is 14.5 Å². The zero-order valence-electron chi connectivity index (χ0n) is 14.9. The predicted octanol–water partition coefficient (Wildman–Crippen LogP) is 2.87. The standard InChI is InChI=1S/C21H20N2O3/c1-12-16-10-23-8-7-14-13-5-3-4-6-18(13)22-20(14)19(23)9-15(16)17(11-26-12)21(24)25-2/h3-8,11-12,15-16H,9-10H2,1-2H3/p+1/t12-,15-,16+/m0/s1. The first kappa shape index (κ1) is 15.4. The number of hydrogen-bond donors (Lipinski definition) is 1. The summed E-state index contributed by atoms with van der Waals surface area (Å²) in [5.41, 5.74) is 4.19. The Morgan fingerprint density at radius 3 is 2.96 bits per heavy atom. The maximum absolute atomic E-state index is 12.3. The Hall–Kier alpha value is -2.82. The van der Waals surface area contributed by atoms with E-state index < -0.39 is 0 Å². The molecule has 2 aliphatic heterocycles. The lowest BCUT2D eigenvalue weighted by Gasteiger charge is -2.36. The third kappa shape index (κ3) is 2.09. The molecular formula is C21H21N2O3+. The molecule has 132 valence electrons. The fourth-order valence-corrected chi connectivity index (χ4v) is 4.57. The molecule has 0 saturated heterocycles. The molecule has 1 N–H and O–H groups in total. The molecule has 0 radical (unpaired) electrons. The van der Waals surface area contributed by atoms with E-state index in [4.69, 9.17) is 9.47 Å². The summed E-state index contributed by atoms with van der Waals surface area (Å²) in [7, 11) is 1.43. The zero-order chi connectivity index (χ0) is 17.8. The largest absolute Gasteiger partial charge is 0.497 e. The second kappa shape index (κ2) is 5.59. The van der Waals surface area contributed by atoms with Crippen molar-refractivity contribution in [1.29, 1.82) is 0 Å². The van der Waals surface area contributed by atoms with Gasteiger partial charge in [-0.15, -0.1) is 0 Å². The van der Waals surface area contributed by atoms with Gasteiger partial charge in [-0.2, -0.15) is 0 Å². The van der Waals surface area contributed by atoms with E-state index >= 15 is 0 Å². The van der Waals surface area contributed by atoms with Crippen molar-refractivity contribution >= 4 is 27.8 Å². The highest BCUT2D eigenvalue weighted by molar-refractivity contribution is 6.07. The summed E-state index contributed by atoms with van der Waals surface area (Å²) in [6.07, 6.45) is 4.64. The molecule has 0 bridgehead atoms. The number of para-hydroxylation sites is 1. The highest BCUT2D eigenvalue weighted by Gasteiger charge is 2.45. The molecule has 5 nitrogen and oxygen atoms in total. The molecule has 0 aliphatic carbocycles. The average molecular weight is 349 g/mol. The molecule has 3 aromatic rings. The number of rotatable bonds is 1. The topological polar surface area (TPSA) is 55.2 Å². The normalized spacial score (nSPS) is 24.5. The lowest BCUT2D eigenvalue weighted by Crippen LogP contribution is -2.53. The van der Waals surface area contributed by atoms with E-state index in [1.807, 2.05) is 6.07 Å². The van der Waals surface area contributed by atoms with Crippen molar-refractivity contribution in [3.63, 3.8) is 0 Å². The number of nitrogens with zero attached hydrogens (tertiary/aromatic N) is 1. The quantitative estimate of drug-likeness (QED) is 0.543. The minimum Gasteiger partial charge on any atom is -0.497 e. The number of pyridine rings is 1. The molecule has 0 fully saturated rings. The van der Waals surface area contributed by atoms with Gasteiger partial charge in [-0.3, -0.25) is 0 Å². The van der Waals surface area contributed by atoms with Gasteiger partial charge in [0.15, 0.2) is 12.7 Å². The predicted molar refractivity (Wildman–Crippen MR) is 97.3 cm³/mol. The molecular weight excluding hydrogens is 328 g/mol. The molecule has 0 unspecified atom stereocenters. The number of nitrogens with one attached hydrogen (secondary N) is 1. The van der Waals surface area contributed by atoms with E-state index in [1.54, 1.807) is 6.26 Å². The van der Waals surface area contributed by atoms with Crippen molar-refractivity contribution in [2.24, 2.45) is 11.8 Å². The number of fused-ring (bicyclic) bond motifs is 6. The first-order chi connectivity index (χ1) is 12.7. The number of aromatic nitrogens is 2. The smallest absolute Gasteiger partial charge is 0.337 e.